The normalized spacial score (nSPS) is 20.1. The second-order valence-corrected chi connectivity index (χ2v) is 7.04. The van der Waals surface area contributed by atoms with Gasteiger partial charge in [0.1, 0.15) is 5.54 Å². The molecule has 0 aliphatic heterocycles. The third kappa shape index (κ3) is 2.60. The van der Waals surface area contributed by atoms with Crippen molar-refractivity contribution in [1.82, 2.24) is 0 Å². The fourth-order valence-corrected chi connectivity index (χ4v) is 3.71. The van der Waals surface area contributed by atoms with Gasteiger partial charge >= 0.3 is 0 Å². The highest BCUT2D eigenvalue weighted by atomic mass is 79.9. The van der Waals surface area contributed by atoms with Gasteiger partial charge in [0.25, 0.3) is 0 Å². The smallest absolute Gasteiger partial charge is 0.247 e. The second-order valence-electron chi connectivity index (χ2n) is 5.21. The van der Waals surface area contributed by atoms with E-state index in [1.54, 1.807) is 0 Å². The van der Waals surface area contributed by atoms with Crippen molar-refractivity contribution in [2.24, 2.45) is 5.73 Å². The van der Waals surface area contributed by atoms with Gasteiger partial charge in [0.2, 0.25) is 5.91 Å². The summed E-state index contributed by atoms with van der Waals surface area (Å²) in [5.74, 6) is -0.344. The topological polar surface area (TPSA) is 55.1 Å². The van der Waals surface area contributed by atoms with Crippen LogP contribution < -0.4 is 11.1 Å². The Bertz CT molecular complexity index is 717. The van der Waals surface area contributed by atoms with Gasteiger partial charge in [-0.15, -0.1) is 0 Å². The summed E-state index contributed by atoms with van der Waals surface area (Å²) in [6.45, 7) is 0. The van der Waals surface area contributed by atoms with Gasteiger partial charge in [-0.05, 0) is 54.3 Å². The highest BCUT2D eigenvalue weighted by molar-refractivity contribution is 9.10. The Morgan fingerprint density at radius 2 is 1.90 bits per heavy atom. The molecule has 21 heavy (non-hydrogen) atoms. The fraction of sp³-hybridized carbons (Fsp3) is 0.188. The Labute approximate surface area is 140 Å². The number of anilines is 1. The predicted octanol–water partition coefficient (Wildman–Crippen LogP) is 3.95. The number of halogens is 2. The summed E-state index contributed by atoms with van der Waals surface area (Å²) in [7, 11) is 0. The molecule has 0 spiro atoms. The molecule has 0 saturated carbocycles. The van der Waals surface area contributed by atoms with Crippen LogP contribution in [0.1, 0.15) is 17.5 Å². The summed E-state index contributed by atoms with van der Waals surface area (Å²) >= 11 is 6.92. The van der Waals surface area contributed by atoms with E-state index in [1.165, 1.54) is 0 Å². The van der Waals surface area contributed by atoms with E-state index >= 15 is 0 Å². The van der Waals surface area contributed by atoms with Gasteiger partial charge in [-0.1, -0.05) is 44.0 Å². The zero-order valence-electron chi connectivity index (χ0n) is 11.2. The van der Waals surface area contributed by atoms with E-state index in [0.29, 0.717) is 6.42 Å². The number of rotatable bonds is 3. The molecule has 1 aliphatic rings. The van der Waals surface area contributed by atoms with Crippen molar-refractivity contribution in [3.05, 3.63) is 62.5 Å². The van der Waals surface area contributed by atoms with Crippen LogP contribution in [0, 0.1) is 0 Å². The second kappa shape index (κ2) is 5.46. The quantitative estimate of drug-likeness (QED) is 0.806. The van der Waals surface area contributed by atoms with Crippen LogP contribution in [0.5, 0.6) is 0 Å². The van der Waals surface area contributed by atoms with Crippen LogP contribution in [0.25, 0.3) is 0 Å². The Hall–Kier alpha value is -1.33. The molecule has 2 aromatic carbocycles. The van der Waals surface area contributed by atoms with E-state index in [9.17, 15) is 4.79 Å². The summed E-state index contributed by atoms with van der Waals surface area (Å²) in [5, 5.41) is 3.35. The van der Waals surface area contributed by atoms with Crippen molar-refractivity contribution in [3.8, 4) is 0 Å². The molecule has 108 valence electrons. The molecule has 5 heteroatoms. The molecule has 3 rings (SSSR count). The van der Waals surface area contributed by atoms with Crippen molar-refractivity contribution < 1.29 is 4.79 Å². The largest absolute Gasteiger partial charge is 0.368 e. The lowest BCUT2D eigenvalue weighted by Crippen LogP contribution is -2.46. The lowest BCUT2D eigenvalue weighted by molar-refractivity contribution is -0.122. The van der Waals surface area contributed by atoms with Gasteiger partial charge in [0.05, 0.1) is 0 Å². The van der Waals surface area contributed by atoms with Crippen LogP contribution in [-0.4, -0.2) is 5.91 Å². The molecule has 0 saturated heterocycles. The molecule has 0 bridgehead atoms. The van der Waals surface area contributed by atoms with Gasteiger partial charge in [-0.3, -0.25) is 4.79 Å². The molecule has 0 radical (unpaired) electrons. The molecule has 0 aromatic heterocycles. The highest BCUT2D eigenvalue weighted by Gasteiger charge is 2.44. The van der Waals surface area contributed by atoms with Crippen molar-refractivity contribution >= 4 is 43.5 Å². The maximum absolute atomic E-state index is 12.2. The van der Waals surface area contributed by atoms with E-state index in [0.717, 1.165) is 32.2 Å². The van der Waals surface area contributed by atoms with E-state index in [1.807, 2.05) is 36.4 Å². The third-order valence-electron chi connectivity index (χ3n) is 3.90. The number of aryl methyl sites for hydroxylation is 1. The van der Waals surface area contributed by atoms with Crippen LogP contribution in [0.4, 0.5) is 5.69 Å². The van der Waals surface area contributed by atoms with E-state index in [2.05, 4.69) is 43.2 Å². The van der Waals surface area contributed by atoms with Crippen molar-refractivity contribution in [2.45, 2.75) is 18.4 Å². The number of nitrogens with one attached hydrogen (secondary N) is 1. The minimum Gasteiger partial charge on any atom is -0.368 e. The average Bonchev–Trinajstić information content (AvgIpc) is 2.78. The molecule has 1 amide bonds. The molecule has 1 atom stereocenters. The van der Waals surface area contributed by atoms with Crippen LogP contribution in [-0.2, 0) is 16.8 Å². The van der Waals surface area contributed by atoms with Crippen molar-refractivity contribution in [2.75, 3.05) is 5.32 Å². The first-order chi connectivity index (χ1) is 10.0. The van der Waals surface area contributed by atoms with Gasteiger partial charge < -0.3 is 11.1 Å². The van der Waals surface area contributed by atoms with Gasteiger partial charge in [-0.25, -0.2) is 0 Å². The van der Waals surface area contributed by atoms with Crippen molar-refractivity contribution in [3.63, 3.8) is 0 Å². The van der Waals surface area contributed by atoms with E-state index in [4.69, 9.17) is 5.73 Å². The average molecular weight is 410 g/mol. The first kappa shape index (κ1) is 14.6. The Morgan fingerprint density at radius 3 is 2.62 bits per heavy atom. The Kier molecular flexibility index (Phi) is 3.80. The number of benzene rings is 2. The maximum Gasteiger partial charge on any atom is 0.247 e. The Balaban J connectivity index is 2.06. The molecule has 0 heterocycles. The van der Waals surface area contributed by atoms with Crippen LogP contribution >= 0.6 is 31.9 Å². The summed E-state index contributed by atoms with van der Waals surface area (Å²) < 4.78 is 1.98. The van der Waals surface area contributed by atoms with Crippen LogP contribution in [0.2, 0.25) is 0 Å². The number of carbonyl (C=O) groups excluding carboxylic acids is 1. The molecule has 2 aromatic rings. The van der Waals surface area contributed by atoms with Crippen LogP contribution in [0.15, 0.2) is 51.4 Å². The highest BCUT2D eigenvalue weighted by Crippen LogP contribution is 2.40. The molecule has 3 nitrogen and oxygen atoms in total. The van der Waals surface area contributed by atoms with E-state index in [-0.39, 0.29) is 5.91 Å². The van der Waals surface area contributed by atoms with Gasteiger partial charge in [0, 0.05) is 14.6 Å². The number of hydrogen-bond donors (Lipinski definition) is 2. The third-order valence-corrected chi connectivity index (χ3v) is 4.89. The first-order valence-electron chi connectivity index (χ1n) is 6.64. The summed E-state index contributed by atoms with van der Waals surface area (Å²) in [5.41, 5.74) is 7.91. The minimum atomic E-state index is -0.836. The molecular formula is C16H14Br2N2O. The van der Waals surface area contributed by atoms with E-state index < -0.39 is 5.54 Å². The predicted molar refractivity (Wildman–Crippen MR) is 91.1 cm³/mol. The van der Waals surface area contributed by atoms with Crippen molar-refractivity contribution in [1.29, 1.82) is 0 Å². The zero-order chi connectivity index (χ0) is 15.0. The summed E-state index contributed by atoms with van der Waals surface area (Å²) in [6.07, 6.45) is 1.50. The maximum atomic E-state index is 12.2. The monoisotopic (exact) mass is 408 g/mol. The number of nitrogens with two attached hydrogens (primary N) is 1. The number of hydrogen-bond acceptors (Lipinski definition) is 2. The number of fused-ring (bicyclic) bond motifs is 1. The SMILES string of the molecule is NC(=O)C1(Nc2cccc(Br)c2)CCc2cc(Br)ccc21. The number of carbonyl (C=O) groups is 1. The molecular weight excluding hydrogens is 396 g/mol. The molecule has 1 aliphatic carbocycles. The lowest BCUT2D eigenvalue weighted by Gasteiger charge is -2.29. The number of primary amides is 1. The molecule has 0 fully saturated rings. The minimum absolute atomic E-state index is 0.344. The van der Waals surface area contributed by atoms with Gasteiger partial charge in [0.15, 0.2) is 0 Å². The first-order valence-corrected chi connectivity index (χ1v) is 8.22. The molecule has 3 N–H and O–H groups in total. The zero-order valence-corrected chi connectivity index (χ0v) is 14.4. The summed E-state index contributed by atoms with van der Waals surface area (Å²) in [6, 6.07) is 13.7. The lowest BCUT2D eigenvalue weighted by atomic mass is 9.90. The molecule has 1 unspecified atom stereocenters. The number of amides is 1. The van der Waals surface area contributed by atoms with Gasteiger partial charge in [-0.2, -0.15) is 0 Å². The van der Waals surface area contributed by atoms with Crippen LogP contribution in [0.3, 0.4) is 0 Å². The summed E-state index contributed by atoms with van der Waals surface area (Å²) in [4.78, 5) is 12.2. The fourth-order valence-electron chi connectivity index (χ4n) is 2.90. The Morgan fingerprint density at radius 1 is 1.14 bits per heavy atom. The standard InChI is InChI=1S/C16H14Br2N2O/c17-11-2-1-3-13(9-11)20-16(15(19)21)7-6-10-8-12(18)4-5-14(10)16/h1-5,8-9,20H,6-7H2,(H2,19,21).